The molecule has 0 radical (unpaired) electrons. The number of rotatable bonds is 7. The van der Waals surface area contributed by atoms with Crippen LogP contribution in [0.3, 0.4) is 0 Å². The van der Waals surface area contributed by atoms with Crippen LogP contribution in [0.2, 0.25) is 0 Å². The van der Waals surface area contributed by atoms with Gasteiger partial charge in [0.2, 0.25) is 10.0 Å². The molecule has 0 aromatic heterocycles. The smallest absolute Gasteiger partial charge is 0.269 e. The third-order valence-corrected chi connectivity index (χ3v) is 10.4. The highest BCUT2D eigenvalue weighted by molar-refractivity contribution is 7.89. The van der Waals surface area contributed by atoms with Gasteiger partial charge in [0.1, 0.15) is 0 Å². The molecule has 0 N–H and O–H groups in total. The number of benzene rings is 5. The summed E-state index contributed by atoms with van der Waals surface area (Å²) in [6.07, 6.45) is -1.21. The van der Waals surface area contributed by atoms with Crippen LogP contribution in [-0.4, -0.2) is 23.6 Å². The van der Waals surface area contributed by atoms with Crippen LogP contribution in [0.25, 0.3) is 0 Å². The summed E-state index contributed by atoms with van der Waals surface area (Å²) in [5.74, 6) is -0.427. The first-order chi connectivity index (χ1) is 22.2. The van der Waals surface area contributed by atoms with Crippen molar-refractivity contribution >= 4 is 27.3 Å². The molecule has 0 unspecified atom stereocenters. The summed E-state index contributed by atoms with van der Waals surface area (Å²) in [5, 5.41) is 11.6. The molecule has 1 fully saturated rings. The number of carbonyl (C=O) groups excluding carboxylic acids is 1. The number of para-hydroxylation sites is 1. The molecule has 5 aromatic rings. The first kappa shape index (κ1) is 29.5. The van der Waals surface area contributed by atoms with E-state index in [4.69, 9.17) is 4.74 Å². The topological polar surface area (TPSA) is 110 Å². The Morgan fingerprint density at radius 3 is 2.04 bits per heavy atom. The summed E-state index contributed by atoms with van der Waals surface area (Å²) in [5.41, 5.74) is 1.82. The van der Waals surface area contributed by atoms with Crippen molar-refractivity contribution in [3.63, 3.8) is 0 Å². The molecule has 2 heterocycles. The summed E-state index contributed by atoms with van der Waals surface area (Å²) in [6.45, 7) is 2.10. The van der Waals surface area contributed by atoms with Gasteiger partial charge in [-0.3, -0.25) is 14.9 Å². The van der Waals surface area contributed by atoms with Crippen molar-refractivity contribution in [2.24, 2.45) is 0 Å². The molecule has 9 nitrogen and oxygen atoms in total. The minimum absolute atomic E-state index is 0.0338. The van der Waals surface area contributed by atoms with Crippen molar-refractivity contribution < 1.29 is 22.9 Å². The third kappa shape index (κ3) is 4.69. The van der Waals surface area contributed by atoms with Gasteiger partial charge >= 0.3 is 0 Å². The number of nitro benzene ring substituents is 1. The number of ether oxygens (including phenoxy) is 1. The number of hydrogen-bond acceptors (Lipinski definition) is 6. The molecule has 10 heteroatoms. The summed E-state index contributed by atoms with van der Waals surface area (Å²) in [7, 11) is -4.34. The number of hydrogen-bond donors (Lipinski definition) is 0. The molecular formula is C36H29N3O6S. The second-order valence-electron chi connectivity index (χ2n) is 11.4. The predicted molar refractivity (Wildman–Crippen MR) is 172 cm³/mol. The molecule has 7 rings (SSSR count). The number of non-ortho nitro benzene ring substituents is 1. The monoisotopic (exact) mass is 631 g/mol. The lowest BCUT2D eigenvalue weighted by molar-refractivity contribution is -0.384. The molecule has 1 spiro atoms. The van der Waals surface area contributed by atoms with Gasteiger partial charge in [0.05, 0.1) is 28.1 Å². The Balaban J connectivity index is 1.50. The first-order valence-electron chi connectivity index (χ1n) is 14.7. The number of nitro groups is 1. The van der Waals surface area contributed by atoms with Crippen molar-refractivity contribution in [1.82, 2.24) is 4.31 Å². The predicted octanol–water partition coefficient (Wildman–Crippen LogP) is 6.81. The van der Waals surface area contributed by atoms with Gasteiger partial charge in [-0.15, -0.1) is 0 Å². The average molecular weight is 632 g/mol. The van der Waals surface area contributed by atoms with Crippen LogP contribution in [0.15, 0.2) is 138 Å². The van der Waals surface area contributed by atoms with Gasteiger partial charge in [0.15, 0.2) is 11.8 Å². The largest absolute Gasteiger partial charge is 0.335 e. The van der Waals surface area contributed by atoms with Crippen molar-refractivity contribution in [1.29, 1.82) is 0 Å². The number of nitrogens with zero attached hydrogens (tertiary/aromatic N) is 3. The minimum atomic E-state index is -4.34. The second-order valence-corrected chi connectivity index (χ2v) is 13.3. The van der Waals surface area contributed by atoms with Gasteiger partial charge in [0.25, 0.3) is 11.6 Å². The summed E-state index contributed by atoms with van der Waals surface area (Å²) in [6, 6.07) is 36.6. The van der Waals surface area contributed by atoms with E-state index in [-0.39, 0.29) is 17.1 Å². The van der Waals surface area contributed by atoms with Gasteiger partial charge in [-0.1, -0.05) is 109 Å². The van der Waals surface area contributed by atoms with E-state index in [0.29, 0.717) is 22.4 Å². The maximum atomic E-state index is 15.1. The lowest BCUT2D eigenvalue weighted by atomic mass is 9.84. The quantitative estimate of drug-likeness (QED) is 0.144. The van der Waals surface area contributed by atoms with E-state index in [1.54, 1.807) is 53.4 Å². The van der Waals surface area contributed by atoms with Crippen LogP contribution < -0.4 is 4.90 Å². The molecule has 230 valence electrons. The van der Waals surface area contributed by atoms with Crippen molar-refractivity contribution in [3.05, 3.63) is 171 Å². The molecule has 3 atom stereocenters. The lowest BCUT2D eigenvalue weighted by Crippen LogP contribution is -2.46. The van der Waals surface area contributed by atoms with Crippen LogP contribution in [0.4, 0.5) is 11.4 Å². The maximum absolute atomic E-state index is 15.1. The molecular weight excluding hydrogens is 602 g/mol. The number of amides is 1. The van der Waals surface area contributed by atoms with Crippen molar-refractivity contribution in [3.8, 4) is 0 Å². The number of sulfonamides is 1. The normalized spacial score (nSPS) is 21.1. The van der Waals surface area contributed by atoms with Crippen LogP contribution in [0.1, 0.15) is 40.1 Å². The average Bonchev–Trinajstić information content (AvgIpc) is 3.56. The molecule has 0 bridgehead atoms. The van der Waals surface area contributed by atoms with Gasteiger partial charge in [-0.05, 0) is 41.8 Å². The Bertz CT molecular complexity index is 2040. The van der Waals surface area contributed by atoms with Crippen LogP contribution >= 0.6 is 0 Å². The highest BCUT2D eigenvalue weighted by Crippen LogP contribution is 2.61. The Kier molecular flexibility index (Phi) is 7.28. The first-order valence-corrected chi connectivity index (χ1v) is 16.2. The SMILES string of the molecule is Cc1ccc(S(=O)(=O)N2[C@@H](c3ccc([N+](=O)[O-])cc3)[C@@]3(O[C@H]2c2ccccc2)C(=O)N(Cc2ccccc2)c2ccccc23)cc1. The van der Waals surface area contributed by atoms with E-state index in [2.05, 4.69) is 0 Å². The fourth-order valence-corrected chi connectivity index (χ4v) is 8.13. The third-order valence-electron chi connectivity index (χ3n) is 8.61. The zero-order valence-electron chi connectivity index (χ0n) is 24.8. The van der Waals surface area contributed by atoms with Gasteiger partial charge in [-0.2, -0.15) is 4.31 Å². The van der Waals surface area contributed by atoms with E-state index in [9.17, 15) is 18.5 Å². The fraction of sp³-hybridized carbons (Fsp3) is 0.139. The van der Waals surface area contributed by atoms with Crippen molar-refractivity contribution in [2.75, 3.05) is 4.90 Å². The fourth-order valence-electron chi connectivity index (χ4n) is 6.45. The molecule has 1 amide bonds. The van der Waals surface area contributed by atoms with Crippen LogP contribution in [0.5, 0.6) is 0 Å². The molecule has 5 aromatic carbocycles. The highest BCUT2D eigenvalue weighted by atomic mass is 32.2. The number of fused-ring (bicyclic) bond motifs is 2. The van der Waals surface area contributed by atoms with Gasteiger partial charge in [0, 0.05) is 17.7 Å². The summed E-state index contributed by atoms with van der Waals surface area (Å²) in [4.78, 5) is 27.8. The molecule has 46 heavy (non-hydrogen) atoms. The molecule has 1 saturated heterocycles. The molecule has 2 aliphatic heterocycles. The number of anilines is 1. The zero-order chi connectivity index (χ0) is 32.1. The van der Waals surface area contributed by atoms with Crippen LogP contribution in [0, 0.1) is 17.0 Å². The van der Waals surface area contributed by atoms with E-state index < -0.39 is 38.7 Å². The van der Waals surface area contributed by atoms with E-state index in [0.717, 1.165) is 11.1 Å². The van der Waals surface area contributed by atoms with Crippen LogP contribution in [-0.2, 0) is 31.7 Å². The van der Waals surface area contributed by atoms with E-state index in [1.165, 1.54) is 40.7 Å². The summed E-state index contributed by atoms with van der Waals surface area (Å²) < 4.78 is 37.8. The Labute approximate surface area is 266 Å². The molecule has 0 saturated carbocycles. The standard InChI is InChI=1S/C36H29N3O6S/c1-25-16-22-30(23-17-25)46(43,44)38-33(27-18-20-29(21-19-27)39(41)42)36(45-34(38)28-12-6-3-7-13-28)31-14-8-9-15-32(31)37(35(36)40)24-26-10-4-2-5-11-26/h2-23,33-34H,24H2,1H3/t33-,34-,36+/m0/s1. The molecule has 2 aliphatic rings. The Morgan fingerprint density at radius 2 is 1.39 bits per heavy atom. The van der Waals surface area contributed by atoms with E-state index >= 15 is 4.79 Å². The lowest BCUT2D eigenvalue weighted by Gasteiger charge is -2.32. The molecule has 0 aliphatic carbocycles. The minimum Gasteiger partial charge on any atom is -0.335 e. The summed E-state index contributed by atoms with van der Waals surface area (Å²) >= 11 is 0. The van der Waals surface area contributed by atoms with E-state index in [1.807, 2.05) is 55.5 Å². The maximum Gasteiger partial charge on any atom is 0.269 e. The Morgan fingerprint density at radius 1 is 0.783 bits per heavy atom. The van der Waals surface area contributed by atoms with Crippen molar-refractivity contribution in [2.45, 2.75) is 36.2 Å². The Hall–Kier alpha value is -5.16. The van der Waals surface area contributed by atoms with Gasteiger partial charge < -0.3 is 9.64 Å². The second kappa shape index (κ2) is 11.3. The highest BCUT2D eigenvalue weighted by Gasteiger charge is 2.68. The number of carbonyl (C=O) groups is 1. The zero-order valence-corrected chi connectivity index (χ0v) is 25.6. The number of aryl methyl sites for hydroxylation is 1. The van der Waals surface area contributed by atoms with Gasteiger partial charge in [-0.25, -0.2) is 8.42 Å².